The standard InChI is InChI=1S/C20H35N3O5/c1-13-15(23(20(5,6)27-13)18(26)28-19(2,3)4)17(25)22-12-11-21-16(24)14-9-7-8-10-14/h13-15H,7-12H2,1-6H3,(H,21,24)(H,22,25)/t13-,15+/m1/s1. The molecule has 8 heteroatoms. The molecule has 0 unspecified atom stereocenters. The van der Waals surface area contributed by atoms with Crippen molar-refractivity contribution >= 4 is 17.9 Å². The van der Waals surface area contributed by atoms with Crippen molar-refractivity contribution in [3.63, 3.8) is 0 Å². The minimum Gasteiger partial charge on any atom is -0.444 e. The van der Waals surface area contributed by atoms with E-state index in [-0.39, 0.29) is 17.7 Å². The Kier molecular flexibility index (Phi) is 6.96. The fourth-order valence-electron chi connectivity index (χ4n) is 3.90. The lowest BCUT2D eigenvalue weighted by atomic mass is 10.1. The van der Waals surface area contributed by atoms with Crippen LogP contribution in [0.2, 0.25) is 0 Å². The van der Waals surface area contributed by atoms with Crippen molar-refractivity contribution in [2.45, 2.75) is 90.7 Å². The first kappa shape index (κ1) is 22.5. The number of amides is 3. The Morgan fingerprint density at radius 2 is 1.61 bits per heavy atom. The molecule has 0 radical (unpaired) electrons. The van der Waals surface area contributed by atoms with Crippen molar-refractivity contribution < 1.29 is 23.9 Å². The van der Waals surface area contributed by atoms with Gasteiger partial charge in [-0.2, -0.15) is 0 Å². The molecule has 0 aromatic heterocycles. The van der Waals surface area contributed by atoms with Crippen LogP contribution < -0.4 is 10.6 Å². The monoisotopic (exact) mass is 397 g/mol. The van der Waals surface area contributed by atoms with Crippen molar-refractivity contribution in [2.75, 3.05) is 13.1 Å². The van der Waals surface area contributed by atoms with Gasteiger partial charge in [-0.15, -0.1) is 0 Å². The Balaban J connectivity index is 1.91. The molecule has 1 aliphatic heterocycles. The topological polar surface area (TPSA) is 97.0 Å². The van der Waals surface area contributed by atoms with E-state index < -0.39 is 29.6 Å². The molecule has 1 heterocycles. The maximum Gasteiger partial charge on any atom is 0.413 e. The van der Waals surface area contributed by atoms with Crippen LogP contribution in [0.3, 0.4) is 0 Å². The highest BCUT2D eigenvalue weighted by Gasteiger charge is 2.52. The molecule has 2 N–H and O–H groups in total. The molecule has 1 saturated carbocycles. The van der Waals surface area contributed by atoms with E-state index >= 15 is 0 Å². The van der Waals surface area contributed by atoms with Crippen LogP contribution in [0.4, 0.5) is 4.79 Å². The molecule has 28 heavy (non-hydrogen) atoms. The summed E-state index contributed by atoms with van der Waals surface area (Å²) in [4.78, 5) is 38.9. The summed E-state index contributed by atoms with van der Waals surface area (Å²) in [5.74, 6) is -0.165. The molecule has 2 fully saturated rings. The van der Waals surface area contributed by atoms with E-state index in [1.807, 2.05) is 0 Å². The largest absolute Gasteiger partial charge is 0.444 e. The molecule has 0 aromatic carbocycles. The van der Waals surface area contributed by atoms with Crippen LogP contribution in [0.25, 0.3) is 0 Å². The molecule has 2 aliphatic rings. The smallest absolute Gasteiger partial charge is 0.413 e. The normalized spacial score (nSPS) is 24.9. The molecular formula is C20H35N3O5. The van der Waals surface area contributed by atoms with Gasteiger partial charge in [0.15, 0.2) is 0 Å². The first-order valence-corrected chi connectivity index (χ1v) is 10.2. The van der Waals surface area contributed by atoms with E-state index in [0.29, 0.717) is 13.1 Å². The zero-order valence-corrected chi connectivity index (χ0v) is 18.0. The second-order valence-corrected chi connectivity index (χ2v) is 9.13. The van der Waals surface area contributed by atoms with E-state index in [9.17, 15) is 14.4 Å². The van der Waals surface area contributed by atoms with Gasteiger partial charge in [0.2, 0.25) is 11.8 Å². The average molecular weight is 398 g/mol. The summed E-state index contributed by atoms with van der Waals surface area (Å²) in [6, 6.07) is -0.796. The molecule has 3 amide bonds. The summed E-state index contributed by atoms with van der Waals surface area (Å²) in [6.45, 7) is 11.2. The lowest BCUT2D eigenvalue weighted by molar-refractivity contribution is -0.127. The van der Waals surface area contributed by atoms with Gasteiger partial charge in [0.1, 0.15) is 17.4 Å². The van der Waals surface area contributed by atoms with Gasteiger partial charge < -0.3 is 20.1 Å². The summed E-state index contributed by atoms with van der Waals surface area (Å²) >= 11 is 0. The maximum atomic E-state index is 12.8. The molecule has 160 valence electrons. The number of nitrogens with one attached hydrogen (secondary N) is 2. The summed E-state index contributed by atoms with van der Waals surface area (Å²) in [5, 5.41) is 5.68. The van der Waals surface area contributed by atoms with Crippen LogP contribution in [0.15, 0.2) is 0 Å². The van der Waals surface area contributed by atoms with Crippen LogP contribution in [0, 0.1) is 5.92 Å². The van der Waals surface area contributed by atoms with Crippen molar-refractivity contribution in [3.05, 3.63) is 0 Å². The quantitative estimate of drug-likeness (QED) is 0.693. The summed E-state index contributed by atoms with van der Waals surface area (Å²) in [6.07, 6.45) is 3.02. The first-order chi connectivity index (χ1) is 12.9. The molecule has 2 atom stereocenters. The lowest BCUT2D eigenvalue weighted by Crippen LogP contribution is -2.56. The predicted molar refractivity (Wildman–Crippen MR) is 104 cm³/mol. The van der Waals surface area contributed by atoms with Crippen molar-refractivity contribution in [1.82, 2.24) is 15.5 Å². The number of rotatable bonds is 5. The molecule has 8 nitrogen and oxygen atoms in total. The van der Waals surface area contributed by atoms with Crippen molar-refractivity contribution in [2.24, 2.45) is 5.92 Å². The number of carbonyl (C=O) groups excluding carboxylic acids is 3. The minimum atomic E-state index is -0.958. The van der Waals surface area contributed by atoms with E-state index in [0.717, 1.165) is 25.7 Å². The first-order valence-electron chi connectivity index (χ1n) is 10.2. The number of carbonyl (C=O) groups is 3. The molecule has 2 rings (SSSR count). The number of ether oxygens (including phenoxy) is 2. The van der Waals surface area contributed by atoms with E-state index in [1.165, 1.54) is 4.90 Å². The fraction of sp³-hybridized carbons (Fsp3) is 0.850. The second kappa shape index (κ2) is 8.68. The fourth-order valence-corrected chi connectivity index (χ4v) is 3.90. The SMILES string of the molecule is C[C@H]1OC(C)(C)N(C(=O)OC(C)(C)C)[C@@H]1C(=O)NCCNC(=O)C1CCCC1. The zero-order chi connectivity index (χ0) is 21.1. The van der Waals surface area contributed by atoms with Gasteiger partial charge in [0.25, 0.3) is 0 Å². The minimum absolute atomic E-state index is 0.0563. The highest BCUT2D eigenvalue weighted by Crippen LogP contribution is 2.33. The second-order valence-electron chi connectivity index (χ2n) is 9.13. The number of hydrogen-bond donors (Lipinski definition) is 2. The maximum absolute atomic E-state index is 12.8. The summed E-state index contributed by atoms with van der Waals surface area (Å²) in [7, 11) is 0. The van der Waals surface area contributed by atoms with E-state index in [4.69, 9.17) is 9.47 Å². The molecule has 1 saturated heterocycles. The molecule has 0 aromatic rings. The third-order valence-electron chi connectivity index (χ3n) is 5.09. The highest BCUT2D eigenvalue weighted by atomic mass is 16.6. The van der Waals surface area contributed by atoms with Crippen LogP contribution in [0.1, 0.15) is 67.2 Å². The average Bonchev–Trinajstić information content (AvgIpc) is 3.14. The zero-order valence-electron chi connectivity index (χ0n) is 18.0. The summed E-state index contributed by atoms with van der Waals surface area (Å²) in [5.41, 5.74) is -1.63. The van der Waals surface area contributed by atoms with Gasteiger partial charge >= 0.3 is 6.09 Å². The van der Waals surface area contributed by atoms with Crippen LogP contribution in [0.5, 0.6) is 0 Å². The van der Waals surface area contributed by atoms with Crippen LogP contribution in [-0.2, 0) is 19.1 Å². The van der Waals surface area contributed by atoms with E-state index in [1.54, 1.807) is 41.5 Å². The van der Waals surface area contributed by atoms with Gasteiger partial charge in [-0.25, -0.2) is 4.79 Å². The van der Waals surface area contributed by atoms with Crippen molar-refractivity contribution in [1.29, 1.82) is 0 Å². The van der Waals surface area contributed by atoms with E-state index in [2.05, 4.69) is 10.6 Å². The van der Waals surface area contributed by atoms with Gasteiger partial charge in [-0.3, -0.25) is 14.5 Å². The number of nitrogens with zero attached hydrogens (tertiary/aromatic N) is 1. The van der Waals surface area contributed by atoms with Crippen molar-refractivity contribution in [3.8, 4) is 0 Å². The van der Waals surface area contributed by atoms with Crippen LogP contribution >= 0.6 is 0 Å². The van der Waals surface area contributed by atoms with Crippen LogP contribution in [-0.4, -0.2) is 59.4 Å². The Morgan fingerprint density at radius 3 is 2.14 bits per heavy atom. The van der Waals surface area contributed by atoms with Gasteiger partial charge in [-0.05, 0) is 54.4 Å². The lowest BCUT2D eigenvalue weighted by Gasteiger charge is -2.34. The third kappa shape index (κ3) is 5.59. The molecule has 1 aliphatic carbocycles. The predicted octanol–water partition coefficient (Wildman–Crippen LogP) is 2.17. The Labute approximate surface area is 167 Å². The molecule has 0 spiro atoms. The highest BCUT2D eigenvalue weighted by molar-refractivity contribution is 5.87. The summed E-state index contributed by atoms with van der Waals surface area (Å²) < 4.78 is 11.3. The Morgan fingerprint density at radius 1 is 1.07 bits per heavy atom. The third-order valence-corrected chi connectivity index (χ3v) is 5.09. The Bertz CT molecular complexity index is 593. The molecule has 0 bridgehead atoms. The Hall–Kier alpha value is -1.83. The van der Waals surface area contributed by atoms with Gasteiger partial charge in [0.05, 0.1) is 6.10 Å². The van der Waals surface area contributed by atoms with Gasteiger partial charge in [-0.1, -0.05) is 12.8 Å². The molecular weight excluding hydrogens is 362 g/mol. The van der Waals surface area contributed by atoms with Gasteiger partial charge in [0, 0.05) is 19.0 Å². The number of hydrogen-bond acceptors (Lipinski definition) is 5.